The van der Waals surface area contributed by atoms with Gasteiger partial charge in [0.25, 0.3) is 0 Å². The molecule has 4 nitrogen and oxygen atoms in total. The number of rotatable bonds is 5. The minimum absolute atomic E-state index is 0.00757. The van der Waals surface area contributed by atoms with Crippen molar-refractivity contribution in [2.24, 2.45) is 0 Å². The summed E-state index contributed by atoms with van der Waals surface area (Å²) in [5.41, 5.74) is 0.607. The van der Waals surface area contributed by atoms with Crippen molar-refractivity contribution in [2.45, 2.75) is 39.8 Å². The van der Waals surface area contributed by atoms with E-state index in [4.69, 9.17) is 0 Å². The smallest absolute Gasteiger partial charge is 0.234 e. The molecule has 0 aliphatic rings. The maximum absolute atomic E-state index is 12.2. The molecule has 2 rings (SSSR count). The van der Waals surface area contributed by atoms with E-state index in [1.165, 1.54) is 0 Å². The number of nitrogens with zero attached hydrogens (tertiary/aromatic N) is 1. The fourth-order valence-electron chi connectivity index (χ4n) is 2.68. The van der Waals surface area contributed by atoms with E-state index in [0.717, 1.165) is 27.4 Å². The second kappa shape index (κ2) is 7.53. The van der Waals surface area contributed by atoms with E-state index >= 15 is 0 Å². The largest absolute Gasteiger partial charge is 0.508 e. The number of phenolic OH excluding ortho intramolecular Hbond substituents is 1. The maximum atomic E-state index is 12.2. The molecule has 0 fully saturated rings. The van der Waals surface area contributed by atoms with Crippen LogP contribution in [0.4, 0.5) is 0 Å². The molecule has 5 heteroatoms. The van der Waals surface area contributed by atoms with Gasteiger partial charge in [0.05, 0.1) is 6.54 Å². The van der Waals surface area contributed by atoms with Gasteiger partial charge in [-0.25, -0.2) is 0 Å². The topological polar surface area (TPSA) is 52.6 Å². The van der Waals surface area contributed by atoms with Crippen molar-refractivity contribution >= 4 is 32.6 Å². The Balaban J connectivity index is 2.23. The van der Waals surface area contributed by atoms with Crippen molar-refractivity contribution in [1.82, 2.24) is 10.2 Å². The molecule has 0 aliphatic carbocycles. The number of nitrogens with one attached hydrogen (secondary N) is 1. The molecule has 130 valence electrons. The number of carbonyl (C=O) groups is 1. The fourth-order valence-corrected chi connectivity index (χ4v) is 3.06. The molecule has 0 saturated heterocycles. The molecule has 2 N–H and O–H groups in total. The van der Waals surface area contributed by atoms with E-state index < -0.39 is 0 Å². The lowest BCUT2D eigenvalue weighted by atomic mass is 10.0. The Bertz CT molecular complexity index is 738. The van der Waals surface area contributed by atoms with Crippen molar-refractivity contribution in [3.63, 3.8) is 0 Å². The van der Waals surface area contributed by atoms with Gasteiger partial charge in [0, 0.05) is 22.1 Å². The number of fused-ring (bicyclic) bond motifs is 1. The predicted molar refractivity (Wildman–Crippen MR) is 102 cm³/mol. The van der Waals surface area contributed by atoms with E-state index in [1.54, 1.807) is 6.07 Å². The highest BCUT2D eigenvalue weighted by molar-refractivity contribution is 9.10. The maximum Gasteiger partial charge on any atom is 0.234 e. The van der Waals surface area contributed by atoms with Crippen LogP contribution in [0.25, 0.3) is 10.8 Å². The van der Waals surface area contributed by atoms with Gasteiger partial charge >= 0.3 is 0 Å². The number of phenols is 1. The van der Waals surface area contributed by atoms with Crippen molar-refractivity contribution in [3.8, 4) is 5.75 Å². The third-order valence-corrected chi connectivity index (χ3v) is 4.27. The molecule has 2 aromatic rings. The van der Waals surface area contributed by atoms with Gasteiger partial charge in [-0.05, 0) is 56.3 Å². The van der Waals surface area contributed by atoms with E-state index in [9.17, 15) is 9.90 Å². The normalized spacial score (nSPS) is 11.9. The summed E-state index contributed by atoms with van der Waals surface area (Å²) in [4.78, 5) is 14.2. The second-order valence-corrected chi connectivity index (χ2v) is 7.95. The number of aromatic hydroxyl groups is 1. The van der Waals surface area contributed by atoms with Gasteiger partial charge in [-0.3, -0.25) is 9.69 Å². The highest BCUT2D eigenvalue weighted by Gasteiger charge is 2.18. The Morgan fingerprint density at radius 2 is 1.96 bits per heavy atom. The van der Waals surface area contributed by atoms with Crippen LogP contribution in [0.5, 0.6) is 5.75 Å². The number of halogens is 1. The number of hydrogen-bond donors (Lipinski definition) is 2. The van der Waals surface area contributed by atoms with Gasteiger partial charge in [0.1, 0.15) is 5.75 Å². The zero-order valence-electron chi connectivity index (χ0n) is 14.7. The van der Waals surface area contributed by atoms with Crippen LogP contribution < -0.4 is 5.32 Å². The Hall–Kier alpha value is -1.59. The van der Waals surface area contributed by atoms with E-state index in [-0.39, 0.29) is 17.2 Å². The average molecular weight is 393 g/mol. The van der Waals surface area contributed by atoms with Crippen LogP contribution in [0.2, 0.25) is 0 Å². The number of hydrogen-bond acceptors (Lipinski definition) is 3. The fraction of sp³-hybridized carbons (Fsp3) is 0.421. The van der Waals surface area contributed by atoms with Crippen LogP contribution in [0, 0.1) is 0 Å². The second-order valence-electron chi connectivity index (χ2n) is 7.03. The molecule has 2 aromatic carbocycles. The first-order valence-electron chi connectivity index (χ1n) is 8.13. The minimum atomic E-state index is -0.246. The van der Waals surface area contributed by atoms with Gasteiger partial charge in [0.15, 0.2) is 0 Å². The molecular weight excluding hydrogens is 368 g/mol. The van der Waals surface area contributed by atoms with Gasteiger partial charge in [-0.1, -0.05) is 35.0 Å². The van der Waals surface area contributed by atoms with Crippen molar-refractivity contribution in [2.75, 3.05) is 13.1 Å². The number of benzene rings is 2. The van der Waals surface area contributed by atoms with Gasteiger partial charge in [-0.2, -0.15) is 0 Å². The Labute approximate surface area is 152 Å². The molecule has 24 heavy (non-hydrogen) atoms. The Kier molecular flexibility index (Phi) is 5.88. The van der Waals surface area contributed by atoms with Crippen molar-refractivity contribution < 1.29 is 9.90 Å². The summed E-state index contributed by atoms with van der Waals surface area (Å²) < 4.78 is 1.00. The van der Waals surface area contributed by atoms with Crippen LogP contribution >= 0.6 is 15.9 Å². The zero-order valence-corrected chi connectivity index (χ0v) is 16.3. The summed E-state index contributed by atoms with van der Waals surface area (Å²) in [6, 6.07) is 9.61. The Morgan fingerprint density at radius 1 is 1.25 bits per heavy atom. The third kappa shape index (κ3) is 4.95. The summed E-state index contributed by atoms with van der Waals surface area (Å²) in [5.74, 6) is 0.256. The first-order valence-corrected chi connectivity index (χ1v) is 8.92. The summed E-state index contributed by atoms with van der Waals surface area (Å²) in [6.45, 7) is 9.48. The lowest BCUT2D eigenvalue weighted by molar-refractivity contribution is -0.123. The lowest BCUT2D eigenvalue weighted by Crippen LogP contribution is -2.45. The van der Waals surface area contributed by atoms with Crippen LogP contribution in [-0.2, 0) is 11.3 Å². The van der Waals surface area contributed by atoms with E-state index in [1.807, 2.05) is 56.9 Å². The first kappa shape index (κ1) is 18.7. The van der Waals surface area contributed by atoms with Crippen molar-refractivity contribution in [1.29, 1.82) is 0 Å². The highest BCUT2D eigenvalue weighted by atomic mass is 79.9. The quantitative estimate of drug-likeness (QED) is 0.806. The van der Waals surface area contributed by atoms with Crippen molar-refractivity contribution in [3.05, 3.63) is 40.4 Å². The van der Waals surface area contributed by atoms with Crippen LogP contribution in [-0.4, -0.2) is 34.5 Å². The molecule has 0 spiro atoms. The van der Waals surface area contributed by atoms with Gasteiger partial charge < -0.3 is 10.4 Å². The first-order chi connectivity index (χ1) is 11.2. The summed E-state index contributed by atoms with van der Waals surface area (Å²) >= 11 is 3.47. The molecule has 0 saturated carbocycles. The number of likely N-dealkylation sites (N-methyl/N-ethyl adjacent to an activating group) is 1. The highest BCUT2D eigenvalue weighted by Crippen LogP contribution is 2.30. The standard InChI is InChI=1S/C19H25BrN2O2/c1-5-22(12-18(24)21-19(2,3)4)11-16-15-8-7-14(20)10-13(15)6-9-17(16)23/h6-10,23H,5,11-12H2,1-4H3,(H,21,24). The molecule has 0 aromatic heterocycles. The monoisotopic (exact) mass is 392 g/mol. The molecular formula is C19H25BrN2O2. The third-order valence-electron chi connectivity index (χ3n) is 3.78. The summed E-state index contributed by atoms with van der Waals surface area (Å²) in [6.07, 6.45) is 0. The number of carbonyl (C=O) groups excluding carboxylic acids is 1. The molecule has 0 aliphatic heterocycles. The van der Waals surface area contributed by atoms with Crippen LogP contribution in [0.15, 0.2) is 34.8 Å². The van der Waals surface area contributed by atoms with E-state index in [2.05, 4.69) is 21.2 Å². The van der Waals surface area contributed by atoms with Gasteiger partial charge in [-0.15, -0.1) is 0 Å². The summed E-state index contributed by atoms with van der Waals surface area (Å²) in [7, 11) is 0. The molecule has 0 heterocycles. The lowest BCUT2D eigenvalue weighted by Gasteiger charge is -2.25. The molecule has 0 atom stereocenters. The van der Waals surface area contributed by atoms with Crippen LogP contribution in [0.1, 0.15) is 33.3 Å². The zero-order chi connectivity index (χ0) is 17.9. The molecule has 0 bridgehead atoms. The van der Waals surface area contributed by atoms with Gasteiger partial charge in [0.2, 0.25) is 5.91 Å². The molecule has 0 unspecified atom stereocenters. The SMILES string of the molecule is CCN(CC(=O)NC(C)(C)C)Cc1c(O)ccc2cc(Br)ccc12. The minimum Gasteiger partial charge on any atom is -0.508 e. The molecule has 1 amide bonds. The summed E-state index contributed by atoms with van der Waals surface area (Å²) in [5, 5.41) is 15.4. The average Bonchev–Trinajstić information content (AvgIpc) is 2.47. The van der Waals surface area contributed by atoms with Crippen LogP contribution in [0.3, 0.4) is 0 Å². The Morgan fingerprint density at radius 3 is 2.58 bits per heavy atom. The predicted octanol–water partition coefficient (Wildman–Crippen LogP) is 4.04. The number of amides is 1. The van der Waals surface area contributed by atoms with E-state index in [0.29, 0.717) is 13.1 Å². The molecule has 0 radical (unpaired) electrons.